The first kappa shape index (κ1) is 14.4. The highest BCUT2D eigenvalue weighted by Crippen LogP contribution is 2.29. The van der Waals surface area contributed by atoms with Crippen LogP contribution in [0.25, 0.3) is 0 Å². The number of benzene rings is 1. The van der Waals surface area contributed by atoms with Crippen molar-refractivity contribution in [3.8, 4) is 0 Å². The molecule has 1 saturated heterocycles. The standard InChI is InChI=1S/C18H24N2O/c1-13-11-17(15(3)21-13)14(2)20-10-9-19-18(12-20)16-7-5-4-6-8-16/h4-8,11,14,18-19H,9-10,12H2,1-3H3. The molecule has 1 aromatic carbocycles. The number of nitrogens with zero attached hydrogens (tertiary/aromatic N) is 1. The molecule has 0 spiro atoms. The first-order chi connectivity index (χ1) is 10.1. The molecule has 1 aliphatic heterocycles. The van der Waals surface area contributed by atoms with Gasteiger partial charge in [0, 0.05) is 37.3 Å². The Kier molecular flexibility index (Phi) is 4.13. The van der Waals surface area contributed by atoms with E-state index >= 15 is 0 Å². The molecule has 1 aromatic heterocycles. The van der Waals surface area contributed by atoms with Crippen molar-refractivity contribution < 1.29 is 4.42 Å². The molecular formula is C18H24N2O. The molecule has 3 rings (SSSR count). The zero-order valence-electron chi connectivity index (χ0n) is 13.1. The van der Waals surface area contributed by atoms with Gasteiger partial charge in [-0.3, -0.25) is 4.90 Å². The third-order valence-corrected chi connectivity index (χ3v) is 4.49. The average Bonchev–Trinajstić information content (AvgIpc) is 2.86. The lowest BCUT2D eigenvalue weighted by atomic mass is 10.0. The number of piperazine rings is 1. The second-order valence-corrected chi connectivity index (χ2v) is 5.96. The largest absolute Gasteiger partial charge is 0.466 e. The Bertz CT molecular complexity index is 591. The van der Waals surface area contributed by atoms with Gasteiger partial charge in [0.25, 0.3) is 0 Å². The minimum Gasteiger partial charge on any atom is -0.466 e. The molecule has 3 nitrogen and oxygen atoms in total. The molecule has 1 aliphatic rings. The summed E-state index contributed by atoms with van der Waals surface area (Å²) < 4.78 is 5.70. The van der Waals surface area contributed by atoms with E-state index in [1.54, 1.807) is 0 Å². The van der Waals surface area contributed by atoms with E-state index in [0.717, 1.165) is 31.2 Å². The minimum absolute atomic E-state index is 0.399. The number of hydrogen-bond acceptors (Lipinski definition) is 3. The first-order valence-electron chi connectivity index (χ1n) is 7.74. The van der Waals surface area contributed by atoms with Crippen LogP contribution in [0.4, 0.5) is 0 Å². The van der Waals surface area contributed by atoms with Crippen molar-refractivity contribution in [1.29, 1.82) is 0 Å². The molecule has 2 atom stereocenters. The molecular weight excluding hydrogens is 260 g/mol. The maximum atomic E-state index is 5.70. The third kappa shape index (κ3) is 3.04. The fraction of sp³-hybridized carbons (Fsp3) is 0.444. The van der Waals surface area contributed by atoms with Crippen LogP contribution in [0.3, 0.4) is 0 Å². The predicted octanol–water partition coefficient (Wildman–Crippen LogP) is 3.60. The van der Waals surface area contributed by atoms with E-state index in [0.29, 0.717) is 12.1 Å². The average molecular weight is 284 g/mol. The molecule has 0 bridgehead atoms. The Labute approximate surface area is 127 Å². The van der Waals surface area contributed by atoms with E-state index in [4.69, 9.17) is 4.42 Å². The summed E-state index contributed by atoms with van der Waals surface area (Å²) in [4.78, 5) is 2.55. The molecule has 0 aliphatic carbocycles. The van der Waals surface area contributed by atoms with E-state index in [1.807, 2.05) is 6.92 Å². The fourth-order valence-corrected chi connectivity index (χ4v) is 3.30. The number of furan rings is 1. The number of rotatable bonds is 3. The van der Waals surface area contributed by atoms with Crippen molar-refractivity contribution >= 4 is 0 Å². The molecule has 21 heavy (non-hydrogen) atoms. The molecule has 112 valence electrons. The molecule has 0 amide bonds. The van der Waals surface area contributed by atoms with Crippen molar-refractivity contribution in [3.05, 3.63) is 59.0 Å². The lowest BCUT2D eigenvalue weighted by Gasteiger charge is -2.37. The van der Waals surface area contributed by atoms with Crippen LogP contribution >= 0.6 is 0 Å². The zero-order valence-corrected chi connectivity index (χ0v) is 13.1. The van der Waals surface area contributed by atoms with Crippen molar-refractivity contribution in [3.63, 3.8) is 0 Å². The van der Waals surface area contributed by atoms with Gasteiger partial charge < -0.3 is 9.73 Å². The summed E-state index contributed by atoms with van der Waals surface area (Å²) in [5.41, 5.74) is 2.69. The molecule has 1 fully saturated rings. The second kappa shape index (κ2) is 6.04. The highest BCUT2D eigenvalue weighted by molar-refractivity contribution is 5.25. The van der Waals surface area contributed by atoms with Crippen LogP contribution in [0.5, 0.6) is 0 Å². The number of aryl methyl sites for hydroxylation is 2. The Hall–Kier alpha value is -1.58. The summed E-state index contributed by atoms with van der Waals surface area (Å²) in [6, 6.07) is 13.7. The van der Waals surface area contributed by atoms with E-state index in [9.17, 15) is 0 Å². The van der Waals surface area contributed by atoms with E-state index in [2.05, 4.69) is 60.5 Å². The number of nitrogens with one attached hydrogen (secondary N) is 1. The monoisotopic (exact) mass is 284 g/mol. The summed E-state index contributed by atoms with van der Waals surface area (Å²) >= 11 is 0. The predicted molar refractivity (Wildman–Crippen MR) is 85.4 cm³/mol. The lowest BCUT2D eigenvalue weighted by Crippen LogP contribution is -2.46. The fourth-order valence-electron chi connectivity index (χ4n) is 3.30. The molecule has 3 heteroatoms. The lowest BCUT2D eigenvalue weighted by molar-refractivity contribution is 0.152. The molecule has 1 N–H and O–H groups in total. The van der Waals surface area contributed by atoms with Crippen molar-refractivity contribution in [1.82, 2.24) is 10.2 Å². The zero-order chi connectivity index (χ0) is 14.8. The summed E-state index contributed by atoms with van der Waals surface area (Å²) in [7, 11) is 0. The Morgan fingerprint density at radius 1 is 1.24 bits per heavy atom. The van der Waals surface area contributed by atoms with Gasteiger partial charge in [-0.25, -0.2) is 0 Å². The molecule has 2 aromatic rings. The van der Waals surface area contributed by atoms with Gasteiger partial charge in [-0.05, 0) is 32.4 Å². The van der Waals surface area contributed by atoms with E-state index < -0.39 is 0 Å². The van der Waals surface area contributed by atoms with Gasteiger partial charge >= 0.3 is 0 Å². The number of hydrogen-bond donors (Lipinski definition) is 1. The van der Waals surface area contributed by atoms with Crippen LogP contribution in [0.15, 0.2) is 40.8 Å². The van der Waals surface area contributed by atoms with Gasteiger partial charge in [-0.2, -0.15) is 0 Å². The highest BCUT2D eigenvalue weighted by atomic mass is 16.3. The maximum Gasteiger partial charge on any atom is 0.105 e. The summed E-state index contributed by atoms with van der Waals surface area (Å²) in [5, 5.41) is 3.63. The minimum atomic E-state index is 0.399. The Morgan fingerprint density at radius 2 is 2.00 bits per heavy atom. The van der Waals surface area contributed by atoms with Gasteiger partial charge in [0.05, 0.1) is 0 Å². The van der Waals surface area contributed by atoms with E-state index in [1.165, 1.54) is 11.1 Å². The molecule has 2 unspecified atom stereocenters. The first-order valence-corrected chi connectivity index (χ1v) is 7.74. The van der Waals surface area contributed by atoms with Gasteiger partial charge in [0.15, 0.2) is 0 Å². The molecule has 0 radical (unpaired) electrons. The van der Waals surface area contributed by atoms with Crippen LogP contribution in [0.1, 0.15) is 41.7 Å². The van der Waals surface area contributed by atoms with Crippen LogP contribution in [-0.4, -0.2) is 24.5 Å². The quantitative estimate of drug-likeness (QED) is 0.933. The van der Waals surface area contributed by atoms with Gasteiger partial charge in [0.1, 0.15) is 11.5 Å². The smallest absolute Gasteiger partial charge is 0.105 e. The van der Waals surface area contributed by atoms with Crippen LogP contribution in [0, 0.1) is 13.8 Å². The van der Waals surface area contributed by atoms with Gasteiger partial charge in [0.2, 0.25) is 0 Å². The normalized spacial score (nSPS) is 21.4. The van der Waals surface area contributed by atoms with Crippen molar-refractivity contribution in [2.45, 2.75) is 32.9 Å². The summed E-state index contributed by atoms with van der Waals surface area (Å²) in [5.74, 6) is 2.05. The van der Waals surface area contributed by atoms with E-state index in [-0.39, 0.29) is 0 Å². The summed E-state index contributed by atoms with van der Waals surface area (Å²) in [6.45, 7) is 9.51. The van der Waals surface area contributed by atoms with Crippen LogP contribution < -0.4 is 5.32 Å². The topological polar surface area (TPSA) is 28.4 Å². The van der Waals surface area contributed by atoms with Gasteiger partial charge in [-0.1, -0.05) is 30.3 Å². The SMILES string of the molecule is Cc1cc(C(C)N2CCNC(c3ccccc3)C2)c(C)o1. The third-order valence-electron chi connectivity index (χ3n) is 4.49. The van der Waals surface area contributed by atoms with Crippen LogP contribution in [-0.2, 0) is 0 Å². The highest BCUT2D eigenvalue weighted by Gasteiger charge is 2.26. The van der Waals surface area contributed by atoms with Gasteiger partial charge in [-0.15, -0.1) is 0 Å². The summed E-state index contributed by atoms with van der Waals surface area (Å²) in [6.07, 6.45) is 0. The maximum absolute atomic E-state index is 5.70. The molecule has 2 heterocycles. The van der Waals surface area contributed by atoms with Crippen molar-refractivity contribution in [2.75, 3.05) is 19.6 Å². The molecule has 0 saturated carbocycles. The Morgan fingerprint density at radius 3 is 2.67 bits per heavy atom. The van der Waals surface area contributed by atoms with Crippen LogP contribution in [0.2, 0.25) is 0 Å². The van der Waals surface area contributed by atoms with Crippen molar-refractivity contribution in [2.24, 2.45) is 0 Å². The second-order valence-electron chi connectivity index (χ2n) is 5.96. The Balaban J connectivity index is 1.75.